The minimum absolute atomic E-state index is 0.192. The Morgan fingerprint density at radius 2 is 1.71 bits per heavy atom. The van der Waals surface area contributed by atoms with Crippen molar-refractivity contribution < 1.29 is 19.8 Å². The molecule has 0 fully saturated rings. The lowest BCUT2D eigenvalue weighted by molar-refractivity contribution is -0.138. The van der Waals surface area contributed by atoms with Gasteiger partial charge in [-0.3, -0.25) is 9.59 Å². The van der Waals surface area contributed by atoms with Crippen molar-refractivity contribution in [2.45, 2.75) is 45.4 Å². The van der Waals surface area contributed by atoms with Crippen molar-refractivity contribution in [2.24, 2.45) is 5.92 Å². The first kappa shape index (κ1) is 12.9. The molecule has 0 saturated heterocycles. The van der Waals surface area contributed by atoms with Crippen molar-refractivity contribution in [3.05, 3.63) is 0 Å². The van der Waals surface area contributed by atoms with E-state index in [1.54, 1.807) is 0 Å². The van der Waals surface area contributed by atoms with Crippen molar-refractivity contribution >= 4 is 11.9 Å². The molecule has 0 heterocycles. The number of rotatable bonds is 8. The van der Waals surface area contributed by atoms with Crippen LogP contribution in [0.2, 0.25) is 0 Å². The molecular formula is C10H18O4. The number of hydrogen-bond donors (Lipinski definition) is 2. The van der Waals surface area contributed by atoms with Crippen molar-refractivity contribution in [1.82, 2.24) is 0 Å². The Morgan fingerprint density at radius 3 is 2.21 bits per heavy atom. The van der Waals surface area contributed by atoms with E-state index in [-0.39, 0.29) is 18.8 Å². The van der Waals surface area contributed by atoms with E-state index >= 15 is 0 Å². The van der Waals surface area contributed by atoms with Gasteiger partial charge in [-0.2, -0.15) is 0 Å². The summed E-state index contributed by atoms with van der Waals surface area (Å²) in [6.07, 6.45) is 3.77. The molecule has 4 heteroatoms. The molecule has 1 atom stereocenters. The largest absolute Gasteiger partial charge is 0.481 e. The third kappa shape index (κ3) is 9.03. The normalized spacial score (nSPS) is 12.4. The van der Waals surface area contributed by atoms with Gasteiger partial charge in [-0.15, -0.1) is 0 Å². The second-order valence-corrected chi connectivity index (χ2v) is 3.70. The number of carbonyl (C=O) groups is 2. The lowest BCUT2D eigenvalue weighted by Crippen LogP contribution is -2.04. The fourth-order valence-electron chi connectivity index (χ4n) is 1.35. The number of unbranched alkanes of at least 4 members (excludes halogenated alkanes) is 2. The molecule has 0 aromatic rings. The molecule has 82 valence electrons. The van der Waals surface area contributed by atoms with Crippen LogP contribution in [0, 0.1) is 5.92 Å². The van der Waals surface area contributed by atoms with E-state index in [0.29, 0.717) is 6.42 Å². The van der Waals surface area contributed by atoms with E-state index in [2.05, 4.69) is 0 Å². The lowest BCUT2D eigenvalue weighted by atomic mass is 9.99. The van der Waals surface area contributed by atoms with Crippen LogP contribution in [0.1, 0.15) is 45.4 Å². The van der Waals surface area contributed by atoms with Gasteiger partial charge in [0.2, 0.25) is 0 Å². The summed E-state index contributed by atoms with van der Waals surface area (Å²) < 4.78 is 0. The third-order valence-corrected chi connectivity index (χ3v) is 2.11. The number of carboxylic acid groups (broad SMARTS) is 2. The monoisotopic (exact) mass is 202 g/mol. The van der Waals surface area contributed by atoms with E-state index in [4.69, 9.17) is 10.2 Å². The Bertz CT molecular complexity index is 189. The fourth-order valence-corrected chi connectivity index (χ4v) is 1.35. The molecule has 0 saturated carbocycles. The van der Waals surface area contributed by atoms with Gasteiger partial charge in [-0.05, 0) is 12.3 Å². The SMILES string of the molecule is C[C@H](CCCCCC(=O)O)CC(=O)O. The molecule has 0 unspecified atom stereocenters. The number of aliphatic carboxylic acids is 2. The van der Waals surface area contributed by atoms with Gasteiger partial charge in [0, 0.05) is 12.8 Å². The van der Waals surface area contributed by atoms with Gasteiger partial charge >= 0.3 is 11.9 Å². The van der Waals surface area contributed by atoms with Crippen LogP contribution in [-0.4, -0.2) is 22.2 Å². The molecule has 0 aliphatic carbocycles. The van der Waals surface area contributed by atoms with Gasteiger partial charge in [0.25, 0.3) is 0 Å². The zero-order valence-corrected chi connectivity index (χ0v) is 8.53. The Labute approximate surface area is 83.9 Å². The Balaban J connectivity index is 3.27. The van der Waals surface area contributed by atoms with Crippen LogP contribution < -0.4 is 0 Å². The average molecular weight is 202 g/mol. The first-order valence-electron chi connectivity index (χ1n) is 4.96. The van der Waals surface area contributed by atoms with Gasteiger partial charge in [-0.25, -0.2) is 0 Å². The Hall–Kier alpha value is -1.06. The molecule has 0 bridgehead atoms. The highest BCUT2D eigenvalue weighted by Gasteiger charge is 2.06. The van der Waals surface area contributed by atoms with Crippen LogP contribution in [0.3, 0.4) is 0 Å². The highest BCUT2D eigenvalue weighted by molar-refractivity contribution is 5.67. The third-order valence-electron chi connectivity index (χ3n) is 2.11. The standard InChI is InChI=1S/C10H18O4/c1-8(7-10(13)14)5-3-2-4-6-9(11)12/h8H,2-7H2,1H3,(H,11,12)(H,13,14)/t8-/m1/s1. The van der Waals surface area contributed by atoms with E-state index in [1.807, 2.05) is 6.92 Å². The molecule has 0 radical (unpaired) electrons. The van der Waals surface area contributed by atoms with Gasteiger partial charge in [0.1, 0.15) is 0 Å². The minimum atomic E-state index is -0.761. The lowest BCUT2D eigenvalue weighted by Gasteiger charge is -2.07. The molecule has 0 aliphatic rings. The number of carboxylic acids is 2. The number of hydrogen-bond acceptors (Lipinski definition) is 2. The maximum absolute atomic E-state index is 10.3. The van der Waals surface area contributed by atoms with Gasteiger partial charge in [-0.1, -0.05) is 26.2 Å². The summed E-state index contributed by atoms with van der Waals surface area (Å²) in [7, 11) is 0. The summed E-state index contributed by atoms with van der Waals surface area (Å²) in [6.45, 7) is 1.91. The molecule has 0 aliphatic heterocycles. The summed E-state index contributed by atoms with van der Waals surface area (Å²) in [5.41, 5.74) is 0. The van der Waals surface area contributed by atoms with Crippen molar-refractivity contribution in [1.29, 1.82) is 0 Å². The zero-order chi connectivity index (χ0) is 11.0. The fraction of sp³-hybridized carbons (Fsp3) is 0.800. The van der Waals surface area contributed by atoms with Gasteiger partial charge < -0.3 is 10.2 Å². The average Bonchev–Trinajstić information content (AvgIpc) is 2.01. The molecule has 0 amide bonds. The molecule has 0 rings (SSSR count). The molecule has 0 aromatic carbocycles. The second-order valence-electron chi connectivity index (χ2n) is 3.70. The molecule has 0 aromatic heterocycles. The van der Waals surface area contributed by atoms with Crippen LogP contribution >= 0.6 is 0 Å². The van der Waals surface area contributed by atoms with Gasteiger partial charge in [0.15, 0.2) is 0 Å². The summed E-state index contributed by atoms with van der Waals surface area (Å²) in [5, 5.41) is 16.8. The van der Waals surface area contributed by atoms with Gasteiger partial charge in [0.05, 0.1) is 0 Å². The predicted octanol–water partition coefficient (Wildman–Crippen LogP) is 2.13. The van der Waals surface area contributed by atoms with Crippen LogP contribution in [-0.2, 0) is 9.59 Å². The van der Waals surface area contributed by atoms with Crippen molar-refractivity contribution in [3.8, 4) is 0 Å². The quantitative estimate of drug-likeness (QED) is 0.591. The summed E-state index contributed by atoms with van der Waals surface area (Å²) >= 11 is 0. The Morgan fingerprint density at radius 1 is 1.07 bits per heavy atom. The topological polar surface area (TPSA) is 74.6 Å². The summed E-state index contributed by atoms with van der Waals surface area (Å²) in [6, 6.07) is 0. The highest BCUT2D eigenvalue weighted by atomic mass is 16.4. The van der Waals surface area contributed by atoms with Crippen LogP contribution in [0.4, 0.5) is 0 Å². The summed E-state index contributed by atoms with van der Waals surface area (Å²) in [4.78, 5) is 20.5. The minimum Gasteiger partial charge on any atom is -0.481 e. The maximum atomic E-state index is 10.3. The van der Waals surface area contributed by atoms with Crippen molar-refractivity contribution in [3.63, 3.8) is 0 Å². The van der Waals surface area contributed by atoms with Crippen LogP contribution in [0.15, 0.2) is 0 Å². The smallest absolute Gasteiger partial charge is 0.303 e. The van der Waals surface area contributed by atoms with Crippen molar-refractivity contribution in [2.75, 3.05) is 0 Å². The van der Waals surface area contributed by atoms with E-state index in [1.165, 1.54) is 0 Å². The van der Waals surface area contributed by atoms with E-state index in [0.717, 1.165) is 19.3 Å². The van der Waals surface area contributed by atoms with E-state index < -0.39 is 11.9 Å². The molecular weight excluding hydrogens is 184 g/mol. The molecule has 4 nitrogen and oxygen atoms in total. The zero-order valence-electron chi connectivity index (χ0n) is 8.53. The first-order valence-corrected chi connectivity index (χ1v) is 4.96. The first-order chi connectivity index (χ1) is 6.52. The van der Waals surface area contributed by atoms with Crippen LogP contribution in [0.5, 0.6) is 0 Å². The summed E-state index contributed by atoms with van der Waals surface area (Å²) in [5.74, 6) is -1.33. The highest BCUT2D eigenvalue weighted by Crippen LogP contribution is 2.13. The van der Waals surface area contributed by atoms with E-state index in [9.17, 15) is 9.59 Å². The molecule has 14 heavy (non-hydrogen) atoms. The maximum Gasteiger partial charge on any atom is 0.303 e. The Kier molecular flexibility index (Phi) is 6.80. The molecule has 2 N–H and O–H groups in total. The van der Waals surface area contributed by atoms with Crippen LogP contribution in [0.25, 0.3) is 0 Å². The molecule has 0 spiro atoms. The second kappa shape index (κ2) is 7.35. The predicted molar refractivity (Wildman–Crippen MR) is 52.1 cm³/mol.